The summed E-state index contributed by atoms with van der Waals surface area (Å²) in [7, 11) is -2.70. The molecule has 0 amide bonds. The lowest BCUT2D eigenvalue weighted by Crippen LogP contribution is -2.15. The molecule has 0 aromatic heterocycles. The van der Waals surface area contributed by atoms with E-state index >= 15 is 0 Å². The lowest BCUT2D eigenvalue weighted by molar-refractivity contribution is 0.282. The summed E-state index contributed by atoms with van der Waals surface area (Å²) in [6, 6.07) is 0. The molecular weight excluding hydrogens is 427 g/mol. The quantitative estimate of drug-likeness (QED) is 0.0934. The van der Waals surface area contributed by atoms with Crippen molar-refractivity contribution in [3.8, 4) is 0 Å². The van der Waals surface area contributed by atoms with Crippen LogP contribution in [0.5, 0.6) is 0 Å². The summed E-state index contributed by atoms with van der Waals surface area (Å²) in [5.41, 5.74) is 0. The monoisotopic (exact) mass is 489 g/mol. The molecule has 1 N–H and O–H groups in total. The predicted molar refractivity (Wildman–Crippen MR) is 149 cm³/mol. The van der Waals surface area contributed by atoms with Crippen molar-refractivity contribution < 1.29 is 14.2 Å². The molecule has 0 saturated heterocycles. The second kappa shape index (κ2) is 25.2. The first-order valence-electron chi connectivity index (χ1n) is 14.4. The second-order valence-electron chi connectivity index (χ2n) is 10.8. The lowest BCUT2D eigenvalue weighted by atomic mass is 10.1. The summed E-state index contributed by atoms with van der Waals surface area (Å²) in [5.74, 6) is 0. The smallest absolute Gasteiger partial charge is 0.0704 e. The number of hydrogen-bond donors (Lipinski definition) is 1. The van der Waals surface area contributed by atoms with Crippen molar-refractivity contribution in [3.63, 3.8) is 0 Å². The van der Waals surface area contributed by atoms with Gasteiger partial charge in [-0.1, -0.05) is 150 Å². The van der Waals surface area contributed by atoms with Gasteiger partial charge in [-0.05, 0) is 12.8 Å². The van der Waals surface area contributed by atoms with Crippen molar-refractivity contribution in [1.29, 1.82) is 0 Å². The molecular formula is C29H62O3P-. The van der Waals surface area contributed by atoms with Gasteiger partial charge in [-0.2, -0.15) is 0 Å². The molecule has 0 spiro atoms. The molecule has 0 aliphatic carbocycles. The van der Waals surface area contributed by atoms with Crippen LogP contribution >= 0.6 is 7.37 Å². The minimum absolute atomic E-state index is 0.342. The molecule has 0 saturated carbocycles. The van der Waals surface area contributed by atoms with E-state index in [2.05, 4.69) is 20.5 Å². The maximum atomic E-state index is 12.2. The van der Waals surface area contributed by atoms with Crippen LogP contribution < -0.4 is 0 Å². The first-order chi connectivity index (χ1) is 15.7. The number of rotatable bonds is 22. The molecule has 0 heterocycles. The number of aliphatic hydroxyl groups is 1. The maximum Gasteiger partial charge on any atom is 0.0704 e. The zero-order valence-electron chi connectivity index (χ0n) is 23.5. The zero-order valence-corrected chi connectivity index (χ0v) is 24.4. The average Bonchev–Trinajstić information content (AvgIpc) is 2.76. The predicted octanol–water partition coefficient (Wildman–Crippen LogP) is 10.7. The highest BCUT2D eigenvalue weighted by Gasteiger charge is 2.25. The summed E-state index contributed by atoms with van der Waals surface area (Å²) in [6.45, 7) is 15.0. The molecule has 0 aromatic rings. The fourth-order valence-corrected chi connectivity index (χ4v) is 4.41. The van der Waals surface area contributed by atoms with Crippen LogP contribution in [0.2, 0.25) is 0 Å². The molecule has 0 aliphatic rings. The van der Waals surface area contributed by atoms with E-state index in [1.54, 1.807) is 0 Å². The summed E-state index contributed by atoms with van der Waals surface area (Å²) >= 11 is 0. The fourth-order valence-electron chi connectivity index (χ4n) is 3.59. The average molecular weight is 490 g/mol. The molecule has 1 atom stereocenters. The Balaban J connectivity index is 0. The van der Waals surface area contributed by atoms with Crippen molar-refractivity contribution in [2.75, 3.05) is 13.2 Å². The molecule has 0 fully saturated rings. The lowest BCUT2D eigenvalue weighted by Gasteiger charge is -2.33. The Bertz CT molecular complexity index is 408. The van der Waals surface area contributed by atoms with E-state index < -0.39 is 7.37 Å². The molecule has 0 bridgehead atoms. The number of hydrogen-bond acceptors (Lipinski definition) is 3. The maximum absolute atomic E-state index is 12.2. The van der Waals surface area contributed by atoms with Crippen molar-refractivity contribution in [2.45, 2.75) is 168 Å². The molecule has 0 radical (unpaired) electrons. The van der Waals surface area contributed by atoms with Crippen molar-refractivity contribution >= 4 is 7.37 Å². The van der Waals surface area contributed by atoms with Gasteiger partial charge in [-0.25, -0.2) is 0 Å². The third-order valence-corrected chi connectivity index (χ3v) is 8.98. The van der Waals surface area contributed by atoms with Crippen LogP contribution in [0.1, 0.15) is 163 Å². The summed E-state index contributed by atoms with van der Waals surface area (Å²) in [5, 5.41) is 8.22. The van der Waals surface area contributed by atoms with Gasteiger partial charge in [-0.3, -0.25) is 6.66 Å². The zero-order chi connectivity index (χ0) is 25.3. The molecule has 0 rings (SSSR count). The standard InChI is InChI=1S/C17H36O2P.C12H26O/c1-6-7-8-9-10-11-12-13-14-15-16-19-20(5,18)17(2,3)4;1-2-3-4-5-6-7-8-9-10-11-12-13/h5-16H2,1-4H3;13H,2-12H2,1H3/q-1;. The van der Waals surface area contributed by atoms with Gasteiger partial charge in [0.05, 0.1) is 14.0 Å². The number of unbranched alkanes of at least 4 members (excludes halogenated alkanes) is 18. The van der Waals surface area contributed by atoms with E-state index in [1.807, 2.05) is 20.8 Å². The van der Waals surface area contributed by atoms with E-state index in [0.29, 0.717) is 13.2 Å². The van der Waals surface area contributed by atoms with Crippen LogP contribution in [0, 0.1) is 6.66 Å². The normalized spacial score (nSPS) is 13.4. The number of aliphatic hydroxyl groups excluding tert-OH is 1. The molecule has 33 heavy (non-hydrogen) atoms. The van der Waals surface area contributed by atoms with Crippen molar-refractivity contribution in [2.24, 2.45) is 0 Å². The molecule has 3 nitrogen and oxygen atoms in total. The van der Waals surface area contributed by atoms with Gasteiger partial charge in [0.25, 0.3) is 0 Å². The Hall–Kier alpha value is 0.150. The molecule has 0 aromatic carbocycles. The Morgan fingerprint density at radius 2 is 0.909 bits per heavy atom. The van der Waals surface area contributed by atoms with Gasteiger partial charge in [0.2, 0.25) is 0 Å². The van der Waals surface area contributed by atoms with Gasteiger partial charge in [0.1, 0.15) is 0 Å². The SMILES string of the molecule is CCCCCCCCCCCCO.[CH2-]P(=O)(OCCCCCCCCCCCC)C(C)(C)C. The topological polar surface area (TPSA) is 46.5 Å². The Kier molecular flexibility index (Phi) is 27.0. The largest absolute Gasteiger partial charge is 0.396 e. The molecule has 4 heteroatoms. The highest BCUT2D eigenvalue weighted by molar-refractivity contribution is 7.61. The van der Waals surface area contributed by atoms with Crippen LogP contribution in [0.15, 0.2) is 0 Å². The van der Waals surface area contributed by atoms with Gasteiger partial charge in [0, 0.05) is 11.8 Å². The van der Waals surface area contributed by atoms with Crippen LogP contribution in [0.4, 0.5) is 0 Å². The molecule has 202 valence electrons. The molecule has 0 aliphatic heterocycles. The first-order valence-corrected chi connectivity index (χ1v) is 16.2. The van der Waals surface area contributed by atoms with E-state index in [1.165, 1.54) is 116 Å². The third-order valence-electron chi connectivity index (χ3n) is 6.33. The third kappa shape index (κ3) is 26.6. The minimum Gasteiger partial charge on any atom is -0.396 e. The second-order valence-corrected chi connectivity index (χ2v) is 13.7. The van der Waals surface area contributed by atoms with Crippen LogP contribution in [0.25, 0.3) is 0 Å². The van der Waals surface area contributed by atoms with Crippen molar-refractivity contribution in [3.05, 3.63) is 6.66 Å². The Morgan fingerprint density at radius 3 is 1.21 bits per heavy atom. The van der Waals surface area contributed by atoms with Crippen LogP contribution in [-0.2, 0) is 9.09 Å². The van der Waals surface area contributed by atoms with Crippen LogP contribution in [0.3, 0.4) is 0 Å². The Morgan fingerprint density at radius 1 is 0.606 bits per heavy atom. The highest BCUT2D eigenvalue weighted by atomic mass is 31.2. The summed E-state index contributed by atoms with van der Waals surface area (Å²) in [6.07, 6.45) is 26.3. The van der Waals surface area contributed by atoms with Crippen LogP contribution in [-0.4, -0.2) is 23.5 Å². The first kappa shape index (κ1) is 35.3. The minimum atomic E-state index is -2.70. The van der Waals surface area contributed by atoms with Gasteiger partial charge < -0.3 is 14.2 Å². The van der Waals surface area contributed by atoms with E-state index in [0.717, 1.165) is 12.8 Å². The summed E-state index contributed by atoms with van der Waals surface area (Å²) in [4.78, 5) is 0. The fraction of sp³-hybridized carbons (Fsp3) is 0.966. The van der Waals surface area contributed by atoms with E-state index in [-0.39, 0.29) is 5.16 Å². The Labute approximate surface area is 209 Å². The van der Waals surface area contributed by atoms with E-state index in [9.17, 15) is 4.57 Å². The molecule has 1 unspecified atom stereocenters. The van der Waals surface area contributed by atoms with Gasteiger partial charge in [0.15, 0.2) is 0 Å². The van der Waals surface area contributed by atoms with Gasteiger partial charge in [-0.15, -0.1) is 0 Å². The van der Waals surface area contributed by atoms with Gasteiger partial charge >= 0.3 is 0 Å². The highest BCUT2D eigenvalue weighted by Crippen LogP contribution is 2.57. The van der Waals surface area contributed by atoms with Crippen molar-refractivity contribution in [1.82, 2.24) is 0 Å². The summed E-state index contributed by atoms with van der Waals surface area (Å²) < 4.78 is 17.7. The van der Waals surface area contributed by atoms with E-state index in [4.69, 9.17) is 9.63 Å².